The topological polar surface area (TPSA) is 20.3 Å². The Labute approximate surface area is 99.7 Å². The Morgan fingerprint density at radius 1 is 1.25 bits per heavy atom. The maximum absolute atomic E-state index is 12.0. The molecule has 0 saturated carbocycles. The number of hydrogen-bond donors (Lipinski definition) is 0. The summed E-state index contributed by atoms with van der Waals surface area (Å²) in [6.45, 7) is -0.336. The fourth-order valence-corrected chi connectivity index (χ4v) is 1.32. The molecule has 0 heterocycles. The highest BCUT2D eigenvalue weighted by Gasteiger charge is 2.42. The van der Waals surface area contributed by atoms with E-state index in [0.717, 1.165) is 0 Å². The van der Waals surface area contributed by atoms with Crippen molar-refractivity contribution in [2.75, 3.05) is 0 Å². The number of rotatable bonds is 2. The third kappa shape index (κ3) is 3.57. The lowest BCUT2D eigenvalue weighted by atomic mass is 10.2. The van der Waals surface area contributed by atoms with Crippen LogP contribution in [0, 0.1) is 0 Å². The summed E-state index contributed by atoms with van der Waals surface area (Å²) in [7, 11) is 0. The smallest absolute Gasteiger partial charge is 0.263 e. The predicted molar refractivity (Wildman–Crippen MR) is 53.9 cm³/mol. The number of carbonyl (C=O) groups is 1. The molecule has 0 aromatic heterocycles. The lowest BCUT2D eigenvalue weighted by Crippen LogP contribution is -2.34. The average Bonchev–Trinajstić information content (AvgIpc) is 2.19. The Morgan fingerprint density at radius 2 is 1.75 bits per heavy atom. The molecule has 1 aromatic carbocycles. The summed E-state index contributed by atoms with van der Waals surface area (Å²) in [6.07, 6.45) is -4.96. The van der Waals surface area contributed by atoms with E-state index in [0.29, 0.717) is 10.6 Å². The standard InChI is InChI=1S/C9H6Cl2F3NO/c10-7-3-1-6(2-4-7)5-15(11)8(16)9(12,13)14/h1-4H,5H2. The number of carbonyl (C=O) groups excluding carboxylic acids is 1. The molecule has 0 aliphatic heterocycles. The van der Waals surface area contributed by atoms with E-state index < -0.39 is 12.1 Å². The van der Waals surface area contributed by atoms with Gasteiger partial charge in [-0.15, -0.1) is 0 Å². The van der Waals surface area contributed by atoms with Crippen molar-refractivity contribution in [1.29, 1.82) is 0 Å². The maximum Gasteiger partial charge on any atom is 0.472 e. The van der Waals surface area contributed by atoms with Crippen LogP contribution in [0.25, 0.3) is 0 Å². The Hall–Kier alpha value is -0.940. The number of nitrogens with zero attached hydrogens (tertiary/aromatic N) is 1. The van der Waals surface area contributed by atoms with Gasteiger partial charge in [0.1, 0.15) is 0 Å². The molecule has 0 saturated heterocycles. The number of hydrogen-bond acceptors (Lipinski definition) is 1. The first-order valence-corrected chi connectivity index (χ1v) is 4.81. The molecule has 7 heteroatoms. The molecule has 1 aromatic rings. The van der Waals surface area contributed by atoms with E-state index in [9.17, 15) is 18.0 Å². The second-order valence-electron chi connectivity index (χ2n) is 2.95. The van der Waals surface area contributed by atoms with Gasteiger partial charge in [0, 0.05) is 16.8 Å². The van der Waals surface area contributed by atoms with E-state index in [1.165, 1.54) is 24.3 Å². The van der Waals surface area contributed by atoms with Crippen LogP contribution in [0.2, 0.25) is 5.02 Å². The SMILES string of the molecule is O=C(N(Cl)Cc1ccc(Cl)cc1)C(F)(F)F. The van der Waals surface area contributed by atoms with Gasteiger partial charge in [0.15, 0.2) is 0 Å². The molecule has 0 aliphatic carbocycles. The average molecular weight is 272 g/mol. The van der Waals surface area contributed by atoms with Crippen molar-refractivity contribution >= 4 is 29.3 Å². The molecule has 0 fully saturated rings. The van der Waals surface area contributed by atoms with E-state index in [-0.39, 0.29) is 11.0 Å². The number of amides is 1. The molecule has 0 radical (unpaired) electrons. The van der Waals surface area contributed by atoms with Crippen molar-refractivity contribution in [3.63, 3.8) is 0 Å². The Balaban J connectivity index is 2.68. The van der Waals surface area contributed by atoms with Gasteiger partial charge in [0.2, 0.25) is 0 Å². The van der Waals surface area contributed by atoms with Gasteiger partial charge in [-0.1, -0.05) is 23.7 Å². The Morgan fingerprint density at radius 3 is 2.19 bits per heavy atom. The zero-order valence-corrected chi connectivity index (χ0v) is 9.27. The van der Waals surface area contributed by atoms with Gasteiger partial charge in [-0.3, -0.25) is 4.79 Å². The molecular formula is C9H6Cl2F3NO. The molecule has 0 bridgehead atoms. The predicted octanol–water partition coefficient (Wildman–Crippen LogP) is 3.38. The summed E-state index contributed by atoms with van der Waals surface area (Å²) in [4.78, 5) is 10.7. The maximum atomic E-state index is 12.0. The first-order chi connectivity index (χ1) is 7.30. The van der Waals surface area contributed by atoms with Gasteiger partial charge < -0.3 is 0 Å². The van der Waals surface area contributed by atoms with Crippen LogP contribution in [0.1, 0.15) is 5.56 Å². The van der Waals surface area contributed by atoms with Gasteiger partial charge >= 0.3 is 12.1 Å². The minimum Gasteiger partial charge on any atom is -0.263 e. The first-order valence-electron chi connectivity index (χ1n) is 4.09. The molecule has 0 unspecified atom stereocenters. The summed E-state index contributed by atoms with van der Waals surface area (Å²) in [5.74, 6) is -2.09. The summed E-state index contributed by atoms with van der Waals surface area (Å²) in [5, 5.41) is 0.451. The lowest BCUT2D eigenvalue weighted by molar-refractivity contribution is -0.180. The lowest BCUT2D eigenvalue weighted by Gasteiger charge is -2.15. The van der Waals surface area contributed by atoms with E-state index in [2.05, 4.69) is 0 Å². The van der Waals surface area contributed by atoms with Crippen LogP contribution in [0.4, 0.5) is 13.2 Å². The van der Waals surface area contributed by atoms with Gasteiger partial charge in [0.25, 0.3) is 0 Å². The molecular weight excluding hydrogens is 266 g/mol. The normalized spacial score (nSPS) is 11.3. The molecule has 0 N–H and O–H groups in total. The molecule has 1 rings (SSSR count). The van der Waals surface area contributed by atoms with Crippen molar-refractivity contribution in [3.05, 3.63) is 34.9 Å². The second kappa shape index (κ2) is 4.93. The minimum absolute atomic E-state index is 0.0865. The number of benzene rings is 1. The van der Waals surface area contributed by atoms with Crippen LogP contribution in [0.3, 0.4) is 0 Å². The quantitative estimate of drug-likeness (QED) is 0.756. The van der Waals surface area contributed by atoms with Gasteiger partial charge in [-0.25, -0.2) is 4.42 Å². The Bertz CT molecular complexity index is 377. The van der Waals surface area contributed by atoms with E-state index in [4.69, 9.17) is 23.4 Å². The zero-order chi connectivity index (χ0) is 12.3. The van der Waals surface area contributed by atoms with E-state index in [1.807, 2.05) is 0 Å². The second-order valence-corrected chi connectivity index (χ2v) is 3.79. The van der Waals surface area contributed by atoms with Crippen molar-refractivity contribution in [2.45, 2.75) is 12.7 Å². The molecule has 0 spiro atoms. The van der Waals surface area contributed by atoms with Crippen molar-refractivity contribution in [1.82, 2.24) is 4.42 Å². The van der Waals surface area contributed by atoms with Crippen LogP contribution >= 0.6 is 23.4 Å². The third-order valence-corrected chi connectivity index (χ3v) is 2.22. The molecule has 0 atom stereocenters. The fourth-order valence-electron chi connectivity index (χ4n) is 0.959. The van der Waals surface area contributed by atoms with Crippen LogP contribution in [-0.4, -0.2) is 16.5 Å². The molecule has 88 valence electrons. The summed E-state index contributed by atoms with van der Waals surface area (Å²) < 4.78 is 36.0. The summed E-state index contributed by atoms with van der Waals surface area (Å²) >= 11 is 10.8. The van der Waals surface area contributed by atoms with Crippen LogP contribution in [0.5, 0.6) is 0 Å². The zero-order valence-electron chi connectivity index (χ0n) is 7.76. The number of alkyl halides is 3. The van der Waals surface area contributed by atoms with Crippen LogP contribution in [-0.2, 0) is 11.3 Å². The van der Waals surface area contributed by atoms with Gasteiger partial charge in [-0.2, -0.15) is 13.2 Å². The molecule has 2 nitrogen and oxygen atoms in total. The highest BCUT2D eigenvalue weighted by Crippen LogP contribution is 2.21. The summed E-state index contributed by atoms with van der Waals surface area (Å²) in [6, 6.07) is 5.97. The number of halogens is 5. The minimum atomic E-state index is -4.96. The van der Waals surface area contributed by atoms with Crippen molar-refractivity contribution in [3.8, 4) is 0 Å². The largest absolute Gasteiger partial charge is 0.472 e. The van der Waals surface area contributed by atoms with Gasteiger partial charge in [-0.05, 0) is 17.7 Å². The molecule has 0 aliphatic rings. The van der Waals surface area contributed by atoms with Crippen molar-refractivity contribution < 1.29 is 18.0 Å². The van der Waals surface area contributed by atoms with E-state index >= 15 is 0 Å². The van der Waals surface area contributed by atoms with Crippen LogP contribution in [0.15, 0.2) is 24.3 Å². The Kier molecular flexibility index (Phi) is 4.04. The highest BCUT2D eigenvalue weighted by molar-refractivity contribution is 6.30. The first kappa shape index (κ1) is 13.1. The highest BCUT2D eigenvalue weighted by atomic mass is 35.5. The third-order valence-electron chi connectivity index (χ3n) is 1.70. The van der Waals surface area contributed by atoms with E-state index in [1.54, 1.807) is 0 Å². The summed E-state index contributed by atoms with van der Waals surface area (Å²) in [5.41, 5.74) is 0.456. The monoisotopic (exact) mass is 271 g/mol. The van der Waals surface area contributed by atoms with Crippen LogP contribution < -0.4 is 0 Å². The molecule has 1 amide bonds. The molecule has 16 heavy (non-hydrogen) atoms. The van der Waals surface area contributed by atoms with Gasteiger partial charge in [0.05, 0.1) is 6.54 Å². The fraction of sp³-hybridized carbons (Fsp3) is 0.222. The van der Waals surface area contributed by atoms with Crippen molar-refractivity contribution in [2.24, 2.45) is 0 Å².